The van der Waals surface area contributed by atoms with Crippen LogP contribution < -0.4 is 5.32 Å². The highest BCUT2D eigenvalue weighted by Crippen LogP contribution is 2.10. The first-order chi connectivity index (χ1) is 6.09. The Bertz CT molecular complexity index is 181. The average molecular weight is 192 g/mol. The summed E-state index contributed by atoms with van der Waals surface area (Å²) in [6.07, 6.45) is -1.49. The molecule has 1 rings (SSSR count). The lowest BCUT2D eigenvalue weighted by molar-refractivity contribution is 0.0896. The molecule has 1 N–H and O–H groups in total. The molecule has 1 fully saturated rings. The van der Waals surface area contributed by atoms with E-state index in [9.17, 15) is 13.6 Å². The number of alkyl halides is 2. The van der Waals surface area contributed by atoms with Crippen molar-refractivity contribution in [2.45, 2.75) is 25.7 Å². The fourth-order valence-corrected chi connectivity index (χ4v) is 1.08. The van der Waals surface area contributed by atoms with Gasteiger partial charge < -0.3 is 10.2 Å². The monoisotopic (exact) mass is 192 g/mol. The molecule has 3 nitrogen and oxygen atoms in total. The number of hydrogen-bond donors (Lipinski definition) is 1. The SMILES string of the molecule is CC(F)CCNC(=O)N1CC(F)C1. The zero-order valence-electron chi connectivity index (χ0n) is 7.59. The van der Waals surface area contributed by atoms with Crippen LogP contribution >= 0.6 is 0 Å². The van der Waals surface area contributed by atoms with E-state index in [-0.39, 0.29) is 19.1 Å². The molecule has 76 valence electrons. The van der Waals surface area contributed by atoms with Gasteiger partial charge in [0.1, 0.15) is 6.17 Å². The van der Waals surface area contributed by atoms with E-state index in [4.69, 9.17) is 0 Å². The first kappa shape index (κ1) is 10.2. The van der Waals surface area contributed by atoms with Crippen molar-refractivity contribution in [3.8, 4) is 0 Å². The highest BCUT2D eigenvalue weighted by molar-refractivity contribution is 5.75. The number of amides is 2. The third kappa shape index (κ3) is 3.16. The molecule has 0 saturated carbocycles. The van der Waals surface area contributed by atoms with Crippen LogP contribution in [0.5, 0.6) is 0 Å². The third-order valence-electron chi connectivity index (χ3n) is 1.94. The molecule has 1 heterocycles. The summed E-state index contributed by atoms with van der Waals surface area (Å²) in [7, 11) is 0. The van der Waals surface area contributed by atoms with Gasteiger partial charge in [-0.3, -0.25) is 0 Å². The predicted octanol–water partition coefficient (Wildman–Crippen LogP) is 1.10. The van der Waals surface area contributed by atoms with Gasteiger partial charge in [0, 0.05) is 6.54 Å². The highest BCUT2D eigenvalue weighted by Gasteiger charge is 2.29. The molecule has 0 aromatic heterocycles. The minimum absolute atomic E-state index is 0.164. The van der Waals surface area contributed by atoms with Crippen molar-refractivity contribution in [2.75, 3.05) is 19.6 Å². The number of hydrogen-bond acceptors (Lipinski definition) is 1. The standard InChI is InChI=1S/C8H14F2N2O/c1-6(9)2-3-11-8(13)12-4-7(10)5-12/h6-7H,2-5H2,1H3,(H,11,13). The number of carbonyl (C=O) groups excluding carboxylic acids is 1. The van der Waals surface area contributed by atoms with Crippen LogP contribution in [0.3, 0.4) is 0 Å². The Kier molecular flexibility index (Phi) is 3.45. The Labute approximate surface area is 76.1 Å². The second kappa shape index (κ2) is 4.39. The molecular weight excluding hydrogens is 178 g/mol. The summed E-state index contributed by atoms with van der Waals surface area (Å²) in [6.45, 7) is 2.07. The quantitative estimate of drug-likeness (QED) is 0.713. The van der Waals surface area contributed by atoms with E-state index < -0.39 is 12.3 Å². The Morgan fingerprint density at radius 2 is 2.31 bits per heavy atom. The average Bonchev–Trinajstić information content (AvgIpc) is 1.97. The summed E-state index contributed by atoms with van der Waals surface area (Å²) in [5, 5.41) is 2.52. The van der Waals surface area contributed by atoms with Crippen molar-refractivity contribution in [3.05, 3.63) is 0 Å². The van der Waals surface area contributed by atoms with Gasteiger partial charge in [-0.25, -0.2) is 13.6 Å². The van der Waals surface area contributed by atoms with Gasteiger partial charge in [-0.15, -0.1) is 0 Å². The normalized spacial score (nSPS) is 19.5. The van der Waals surface area contributed by atoms with E-state index in [2.05, 4.69) is 5.32 Å². The molecule has 13 heavy (non-hydrogen) atoms. The van der Waals surface area contributed by atoms with Gasteiger partial charge in [0.2, 0.25) is 0 Å². The second-order valence-corrected chi connectivity index (χ2v) is 3.30. The molecule has 0 bridgehead atoms. The molecule has 1 aliphatic heterocycles. The van der Waals surface area contributed by atoms with Crippen molar-refractivity contribution in [1.29, 1.82) is 0 Å². The summed E-state index contributed by atoms with van der Waals surface area (Å²) >= 11 is 0. The largest absolute Gasteiger partial charge is 0.338 e. The Balaban J connectivity index is 2.05. The predicted molar refractivity (Wildman–Crippen MR) is 45.1 cm³/mol. The van der Waals surface area contributed by atoms with Crippen LogP contribution in [0.4, 0.5) is 13.6 Å². The molecule has 0 spiro atoms. The van der Waals surface area contributed by atoms with Gasteiger partial charge in [0.15, 0.2) is 0 Å². The van der Waals surface area contributed by atoms with Gasteiger partial charge in [-0.05, 0) is 13.3 Å². The molecule has 1 saturated heterocycles. The molecule has 1 aliphatic rings. The first-order valence-corrected chi connectivity index (χ1v) is 4.40. The number of likely N-dealkylation sites (tertiary alicyclic amines) is 1. The smallest absolute Gasteiger partial charge is 0.317 e. The Hall–Kier alpha value is -0.870. The maximum atomic E-state index is 12.3. The number of nitrogens with zero attached hydrogens (tertiary/aromatic N) is 1. The zero-order valence-corrected chi connectivity index (χ0v) is 7.59. The topological polar surface area (TPSA) is 32.3 Å². The maximum Gasteiger partial charge on any atom is 0.317 e. The molecule has 5 heteroatoms. The summed E-state index contributed by atoms with van der Waals surface area (Å²) in [4.78, 5) is 12.4. The fraction of sp³-hybridized carbons (Fsp3) is 0.875. The maximum absolute atomic E-state index is 12.3. The fourth-order valence-electron chi connectivity index (χ4n) is 1.08. The minimum atomic E-state index is -0.911. The van der Waals surface area contributed by atoms with Gasteiger partial charge >= 0.3 is 6.03 Å². The van der Waals surface area contributed by atoms with Gasteiger partial charge in [0.05, 0.1) is 19.3 Å². The van der Waals surface area contributed by atoms with Crippen LogP contribution in [0, 0.1) is 0 Å². The zero-order chi connectivity index (χ0) is 9.84. The lowest BCUT2D eigenvalue weighted by Crippen LogP contribution is -2.55. The molecule has 0 aromatic carbocycles. The van der Waals surface area contributed by atoms with Crippen molar-refractivity contribution >= 4 is 6.03 Å². The molecule has 0 radical (unpaired) electrons. The van der Waals surface area contributed by atoms with E-state index in [0.29, 0.717) is 13.0 Å². The third-order valence-corrected chi connectivity index (χ3v) is 1.94. The number of urea groups is 1. The highest BCUT2D eigenvalue weighted by atomic mass is 19.1. The van der Waals surface area contributed by atoms with Crippen LogP contribution in [0.15, 0.2) is 0 Å². The van der Waals surface area contributed by atoms with E-state index in [1.54, 1.807) is 0 Å². The van der Waals surface area contributed by atoms with Crippen molar-refractivity contribution in [1.82, 2.24) is 10.2 Å². The first-order valence-electron chi connectivity index (χ1n) is 4.40. The molecule has 2 amide bonds. The van der Waals surface area contributed by atoms with Crippen LogP contribution in [0.1, 0.15) is 13.3 Å². The Morgan fingerprint density at radius 3 is 2.77 bits per heavy atom. The van der Waals surface area contributed by atoms with Crippen LogP contribution in [-0.2, 0) is 0 Å². The van der Waals surface area contributed by atoms with E-state index >= 15 is 0 Å². The minimum Gasteiger partial charge on any atom is -0.338 e. The molecular formula is C8H14F2N2O. The van der Waals surface area contributed by atoms with Crippen molar-refractivity contribution in [2.24, 2.45) is 0 Å². The molecule has 0 aromatic rings. The summed E-state index contributed by atoms with van der Waals surface area (Å²) in [5.41, 5.74) is 0. The summed E-state index contributed by atoms with van der Waals surface area (Å²) < 4.78 is 24.6. The lowest BCUT2D eigenvalue weighted by atomic mass is 10.2. The van der Waals surface area contributed by atoms with Crippen molar-refractivity contribution < 1.29 is 13.6 Å². The van der Waals surface area contributed by atoms with E-state index in [1.807, 2.05) is 0 Å². The lowest BCUT2D eigenvalue weighted by Gasteiger charge is -2.34. The van der Waals surface area contributed by atoms with Crippen LogP contribution in [-0.4, -0.2) is 42.9 Å². The van der Waals surface area contributed by atoms with E-state index in [0.717, 1.165) is 0 Å². The second-order valence-electron chi connectivity index (χ2n) is 3.30. The van der Waals surface area contributed by atoms with Gasteiger partial charge in [0.25, 0.3) is 0 Å². The number of nitrogens with one attached hydrogen (secondary N) is 1. The molecule has 1 unspecified atom stereocenters. The van der Waals surface area contributed by atoms with Crippen molar-refractivity contribution in [3.63, 3.8) is 0 Å². The molecule has 1 atom stereocenters. The van der Waals surface area contributed by atoms with Gasteiger partial charge in [-0.1, -0.05) is 0 Å². The summed E-state index contributed by atoms with van der Waals surface area (Å²) in [6, 6.07) is -0.297. The number of carbonyl (C=O) groups is 1. The molecule has 0 aliphatic carbocycles. The van der Waals surface area contributed by atoms with Gasteiger partial charge in [-0.2, -0.15) is 0 Å². The number of halogens is 2. The number of rotatable bonds is 3. The van der Waals surface area contributed by atoms with E-state index in [1.165, 1.54) is 11.8 Å². The van der Waals surface area contributed by atoms with Crippen LogP contribution in [0.25, 0.3) is 0 Å². The Morgan fingerprint density at radius 1 is 1.69 bits per heavy atom. The van der Waals surface area contributed by atoms with Crippen LogP contribution in [0.2, 0.25) is 0 Å². The summed E-state index contributed by atoms with van der Waals surface area (Å²) in [5.74, 6) is 0.